The van der Waals surface area contributed by atoms with Gasteiger partial charge in [0.05, 0.1) is 16.0 Å². The number of benzene rings is 2. The molecule has 1 fully saturated rings. The molecule has 0 aliphatic carbocycles. The molecule has 1 aliphatic heterocycles. The van der Waals surface area contributed by atoms with Crippen LogP contribution in [0.2, 0.25) is 0 Å². The Morgan fingerprint density at radius 1 is 1.10 bits per heavy atom. The molecule has 1 saturated heterocycles. The van der Waals surface area contributed by atoms with E-state index in [2.05, 4.69) is 9.99 Å². The van der Waals surface area contributed by atoms with E-state index in [1.54, 1.807) is 36.4 Å². The standard InChI is InChI=1S/C19H22N4O5S/c1-15-3-6-17(7-4-15)29(26,27)22-11-9-21(10-12-22)18-8-5-16(14-20-28-2)13-19(18)23(24)25/h3-8,13-14H,9-12H2,1-2H3. The minimum Gasteiger partial charge on any atom is -0.399 e. The molecule has 0 amide bonds. The molecule has 2 aromatic rings. The van der Waals surface area contributed by atoms with Gasteiger partial charge in [-0.2, -0.15) is 4.31 Å². The molecule has 1 heterocycles. The molecule has 0 unspecified atom stereocenters. The maximum atomic E-state index is 12.8. The van der Waals surface area contributed by atoms with E-state index in [1.807, 2.05) is 11.8 Å². The molecule has 29 heavy (non-hydrogen) atoms. The molecule has 2 aromatic carbocycles. The summed E-state index contributed by atoms with van der Waals surface area (Å²) >= 11 is 0. The van der Waals surface area contributed by atoms with E-state index < -0.39 is 14.9 Å². The Balaban J connectivity index is 1.77. The van der Waals surface area contributed by atoms with Crippen LogP contribution in [0, 0.1) is 17.0 Å². The molecule has 0 bridgehead atoms. The number of nitrogens with zero attached hydrogens (tertiary/aromatic N) is 4. The predicted octanol–water partition coefficient (Wildman–Crippen LogP) is 2.39. The lowest BCUT2D eigenvalue weighted by atomic mass is 10.1. The van der Waals surface area contributed by atoms with E-state index in [4.69, 9.17) is 0 Å². The third-order valence-corrected chi connectivity index (χ3v) is 6.65. The highest BCUT2D eigenvalue weighted by Crippen LogP contribution is 2.30. The van der Waals surface area contributed by atoms with Gasteiger partial charge < -0.3 is 9.74 Å². The van der Waals surface area contributed by atoms with Crippen molar-refractivity contribution in [2.45, 2.75) is 11.8 Å². The lowest BCUT2D eigenvalue weighted by Crippen LogP contribution is -2.48. The SMILES string of the molecule is CON=Cc1ccc(N2CCN(S(=O)(=O)c3ccc(C)cc3)CC2)c([N+](=O)[O-])c1. The second-order valence-corrected chi connectivity index (χ2v) is 8.56. The summed E-state index contributed by atoms with van der Waals surface area (Å²) in [6.45, 7) is 3.11. The molecule has 1 aliphatic rings. The monoisotopic (exact) mass is 418 g/mol. The summed E-state index contributed by atoms with van der Waals surface area (Å²) in [5.74, 6) is 0. The number of aryl methyl sites for hydroxylation is 1. The lowest BCUT2D eigenvalue weighted by Gasteiger charge is -2.35. The van der Waals surface area contributed by atoms with Gasteiger partial charge in [-0.1, -0.05) is 28.9 Å². The van der Waals surface area contributed by atoms with Crippen LogP contribution < -0.4 is 4.90 Å². The van der Waals surface area contributed by atoms with Crippen LogP contribution >= 0.6 is 0 Å². The van der Waals surface area contributed by atoms with Crippen molar-refractivity contribution in [1.82, 2.24) is 4.31 Å². The normalized spacial score (nSPS) is 15.6. The predicted molar refractivity (Wildman–Crippen MR) is 110 cm³/mol. The van der Waals surface area contributed by atoms with Crippen LogP contribution in [0.25, 0.3) is 0 Å². The van der Waals surface area contributed by atoms with Gasteiger partial charge in [-0.3, -0.25) is 10.1 Å². The van der Waals surface area contributed by atoms with Gasteiger partial charge in [-0.05, 0) is 25.1 Å². The molecule has 0 spiro atoms. The zero-order valence-electron chi connectivity index (χ0n) is 16.2. The Hall–Kier alpha value is -2.98. The first kappa shape index (κ1) is 20.7. The zero-order chi connectivity index (χ0) is 21.0. The molecular weight excluding hydrogens is 396 g/mol. The van der Waals surface area contributed by atoms with Crippen molar-refractivity contribution in [3.63, 3.8) is 0 Å². The van der Waals surface area contributed by atoms with Gasteiger partial charge in [-0.15, -0.1) is 0 Å². The number of hydrogen-bond acceptors (Lipinski definition) is 7. The molecule has 0 aromatic heterocycles. The molecule has 0 saturated carbocycles. The van der Waals surface area contributed by atoms with Crippen LogP contribution in [0.3, 0.4) is 0 Å². The second-order valence-electron chi connectivity index (χ2n) is 6.63. The van der Waals surface area contributed by atoms with Crippen molar-refractivity contribution in [3.8, 4) is 0 Å². The average Bonchev–Trinajstić information content (AvgIpc) is 2.72. The summed E-state index contributed by atoms with van der Waals surface area (Å²) in [7, 11) is -2.19. The molecule has 9 nitrogen and oxygen atoms in total. The number of anilines is 1. The van der Waals surface area contributed by atoms with Gasteiger partial charge >= 0.3 is 0 Å². The fraction of sp³-hybridized carbons (Fsp3) is 0.316. The van der Waals surface area contributed by atoms with Crippen LogP contribution in [0.1, 0.15) is 11.1 Å². The van der Waals surface area contributed by atoms with Crippen molar-refractivity contribution in [2.75, 3.05) is 38.2 Å². The van der Waals surface area contributed by atoms with E-state index in [1.165, 1.54) is 23.7 Å². The van der Waals surface area contributed by atoms with Crippen LogP contribution in [0.5, 0.6) is 0 Å². The number of nitro benzene ring substituents is 1. The number of rotatable bonds is 6. The topological polar surface area (TPSA) is 105 Å². The Labute approximate surface area is 169 Å². The highest BCUT2D eigenvalue weighted by Gasteiger charge is 2.30. The molecule has 154 valence electrons. The highest BCUT2D eigenvalue weighted by atomic mass is 32.2. The van der Waals surface area contributed by atoms with Gasteiger partial charge in [0, 0.05) is 37.8 Å². The Morgan fingerprint density at radius 2 is 1.76 bits per heavy atom. The number of hydrogen-bond donors (Lipinski definition) is 0. The van der Waals surface area contributed by atoms with Gasteiger partial charge in [0.15, 0.2) is 0 Å². The first-order chi connectivity index (χ1) is 13.8. The Kier molecular flexibility index (Phi) is 6.14. The summed E-state index contributed by atoms with van der Waals surface area (Å²) < 4.78 is 27.1. The molecule has 0 N–H and O–H groups in total. The van der Waals surface area contributed by atoms with E-state index in [-0.39, 0.29) is 23.7 Å². The summed E-state index contributed by atoms with van der Waals surface area (Å²) in [6.07, 6.45) is 1.39. The van der Waals surface area contributed by atoms with Gasteiger partial charge in [0.25, 0.3) is 5.69 Å². The minimum absolute atomic E-state index is 0.0557. The maximum Gasteiger partial charge on any atom is 0.293 e. The largest absolute Gasteiger partial charge is 0.399 e. The van der Waals surface area contributed by atoms with Gasteiger partial charge in [-0.25, -0.2) is 8.42 Å². The van der Waals surface area contributed by atoms with Crippen molar-refractivity contribution >= 4 is 27.6 Å². The molecule has 10 heteroatoms. The third-order valence-electron chi connectivity index (χ3n) is 4.74. The van der Waals surface area contributed by atoms with Crippen LogP contribution in [0.4, 0.5) is 11.4 Å². The van der Waals surface area contributed by atoms with E-state index in [0.29, 0.717) is 24.3 Å². The number of nitro groups is 1. The molecule has 3 rings (SSSR count). The number of sulfonamides is 1. The highest BCUT2D eigenvalue weighted by molar-refractivity contribution is 7.89. The van der Waals surface area contributed by atoms with Crippen LogP contribution in [0.15, 0.2) is 52.5 Å². The number of piperazine rings is 1. The zero-order valence-corrected chi connectivity index (χ0v) is 17.0. The summed E-state index contributed by atoms with van der Waals surface area (Å²) in [4.78, 5) is 17.8. The maximum absolute atomic E-state index is 12.8. The average molecular weight is 418 g/mol. The van der Waals surface area contributed by atoms with Crippen LogP contribution in [-0.2, 0) is 14.9 Å². The lowest BCUT2D eigenvalue weighted by molar-refractivity contribution is -0.384. The first-order valence-electron chi connectivity index (χ1n) is 8.99. The molecule has 0 atom stereocenters. The third kappa shape index (κ3) is 4.54. The Morgan fingerprint density at radius 3 is 2.34 bits per heavy atom. The summed E-state index contributed by atoms with van der Waals surface area (Å²) in [5, 5.41) is 15.1. The first-order valence-corrected chi connectivity index (χ1v) is 10.4. The van der Waals surface area contributed by atoms with E-state index >= 15 is 0 Å². The van der Waals surface area contributed by atoms with E-state index in [9.17, 15) is 18.5 Å². The minimum atomic E-state index is -3.59. The van der Waals surface area contributed by atoms with Crippen molar-refractivity contribution in [2.24, 2.45) is 5.16 Å². The fourth-order valence-electron chi connectivity index (χ4n) is 3.18. The number of oxime groups is 1. The molecule has 0 radical (unpaired) electrons. The van der Waals surface area contributed by atoms with Crippen molar-refractivity contribution < 1.29 is 18.2 Å². The fourth-order valence-corrected chi connectivity index (χ4v) is 4.60. The van der Waals surface area contributed by atoms with E-state index in [0.717, 1.165) is 5.56 Å². The van der Waals surface area contributed by atoms with Gasteiger partial charge in [0.1, 0.15) is 12.8 Å². The summed E-state index contributed by atoms with van der Waals surface area (Å²) in [5.41, 5.74) is 1.93. The van der Waals surface area contributed by atoms with Crippen molar-refractivity contribution in [3.05, 3.63) is 63.7 Å². The molecular formula is C19H22N4O5S. The Bertz CT molecular complexity index is 1010. The summed E-state index contributed by atoms with van der Waals surface area (Å²) in [6, 6.07) is 11.5. The quantitative estimate of drug-likeness (QED) is 0.405. The van der Waals surface area contributed by atoms with Gasteiger partial charge in [0.2, 0.25) is 10.0 Å². The smallest absolute Gasteiger partial charge is 0.293 e. The second kappa shape index (κ2) is 8.58. The van der Waals surface area contributed by atoms with Crippen LogP contribution in [-0.4, -0.2) is 57.1 Å². The van der Waals surface area contributed by atoms with Crippen molar-refractivity contribution in [1.29, 1.82) is 0 Å².